The molecule has 6 nitrogen and oxygen atoms in total. The zero-order valence-electron chi connectivity index (χ0n) is 12.8. The van der Waals surface area contributed by atoms with Crippen LogP contribution in [-0.4, -0.2) is 38.3 Å². The minimum Gasteiger partial charge on any atom is -0.312 e. The van der Waals surface area contributed by atoms with E-state index in [9.17, 15) is 13.2 Å². The summed E-state index contributed by atoms with van der Waals surface area (Å²) in [5.41, 5.74) is 0.745. The lowest BCUT2D eigenvalue weighted by atomic mass is 10.0. The number of amides is 1. The molecule has 0 bridgehead atoms. The highest BCUT2D eigenvalue weighted by Crippen LogP contribution is 2.26. The molecule has 0 radical (unpaired) electrons. The van der Waals surface area contributed by atoms with Gasteiger partial charge in [0.15, 0.2) is 0 Å². The van der Waals surface area contributed by atoms with Gasteiger partial charge >= 0.3 is 0 Å². The minimum atomic E-state index is -3.53. The summed E-state index contributed by atoms with van der Waals surface area (Å²) in [5, 5.41) is 8.90. The van der Waals surface area contributed by atoms with Crippen molar-refractivity contribution in [2.24, 2.45) is 5.92 Å². The van der Waals surface area contributed by atoms with Crippen LogP contribution in [0.5, 0.6) is 0 Å². The summed E-state index contributed by atoms with van der Waals surface area (Å²) in [4.78, 5) is 13.7. The number of nitriles is 1. The van der Waals surface area contributed by atoms with Gasteiger partial charge in [0, 0.05) is 37.7 Å². The van der Waals surface area contributed by atoms with E-state index >= 15 is 0 Å². The van der Waals surface area contributed by atoms with Crippen LogP contribution in [0.2, 0.25) is 0 Å². The first kappa shape index (κ1) is 16.0. The Morgan fingerprint density at radius 3 is 2.26 bits per heavy atom. The Kier molecular flexibility index (Phi) is 4.37. The molecule has 7 heteroatoms. The third-order valence-electron chi connectivity index (χ3n) is 4.50. The number of carbonyl (C=O) groups excluding carboxylic acids is 1. The quantitative estimate of drug-likeness (QED) is 0.843. The van der Waals surface area contributed by atoms with Crippen LogP contribution in [0, 0.1) is 17.2 Å². The van der Waals surface area contributed by atoms with Gasteiger partial charge in [0.05, 0.1) is 11.0 Å². The van der Waals surface area contributed by atoms with Crippen molar-refractivity contribution in [3.05, 3.63) is 24.3 Å². The molecule has 0 saturated carbocycles. The van der Waals surface area contributed by atoms with E-state index in [1.807, 2.05) is 0 Å². The van der Waals surface area contributed by atoms with Gasteiger partial charge in [0.2, 0.25) is 15.9 Å². The van der Waals surface area contributed by atoms with E-state index in [1.165, 1.54) is 4.31 Å². The van der Waals surface area contributed by atoms with Gasteiger partial charge in [0.1, 0.15) is 0 Å². The predicted molar refractivity (Wildman–Crippen MR) is 85.1 cm³/mol. The molecule has 122 valence electrons. The number of hydrogen-bond donors (Lipinski definition) is 0. The van der Waals surface area contributed by atoms with E-state index in [-0.39, 0.29) is 16.7 Å². The topological polar surface area (TPSA) is 81.5 Å². The number of rotatable bonds is 3. The third-order valence-corrected chi connectivity index (χ3v) is 6.41. The second-order valence-corrected chi connectivity index (χ2v) is 7.89. The monoisotopic (exact) mass is 333 g/mol. The lowest BCUT2D eigenvalue weighted by Crippen LogP contribution is -2.38. The fourth-order valence-electron chi connectivity index (χ4n) is 3.09. The Labute approximate surface area is 136 Å². The number of anilines is 1. The van der Waals surface area contributed by atoms with Gasteiger partial charge in [-0.3, -0.25) is 4.79 Å². The molecule has 3 rings (SSSR count). The summed E-state index contributed by atoms with van der Waals surface area (Å²) in [5.74, 6) is 0.0317. The molecule has 2 saturated heterocycles. The van der Waals surface area contributed by atoms with Crippen LogP contribution in [0.25, 0.3) is 0 Å². The highest BCUT2D eigenvalue weighted by atomic mass is 32.2. The van der Waals surface area contributed by atoms with Crippen molar-refractivity contribution in [2.75, 3.05) is 24.5 Å². The first-order chi connectivity index (χ1) is 11.0. The lowest BCUT2D eigenvalue weighted by molar-refractivity contribution is -0.117. The Morgan fingerprint density at radius 2 is 1.74 bits per heavy atom. The van der Waals surface area contributed by atoms with Gasteiger partial charge in [-0.1, -0.05) is 0 Å². The Hall–Kier alpha value is -1.91. The first-order valence-corrected chi connectivity index (χ1v) is 9.26. The van der Waals surface area contributed by atoms with E-state index < -0.39 is 10.0 Å². The van der Waals surface area contributed by atoms with Crippen molar-refractivity contribution >= 4 is 21.6 Å². The van der Waals surface area contributed by atoms with Crippen LogP contribution in [0.15, 0.2) is 29.2 Å². The molecule has 2 fully saturated rings. The second kappa shape index (κ2) is 6.30. The fraction of sp³-hybridized carbons (Fsp3) is 0.500. The smallest absolute Gasteiger partial charge is 0.243 e. The van der Waals surface area contributed by atoms with Gasteiger partial charge in [-0.15, -0.1) is 0 Å². The minimum absolute atomic E-state index is 0.0509. The van der Waals surface area contributed by atoms with Crippen LogP contribution in [0.1, 0.15) is 25.7 Å². The highest BCUT2D eigenvalue weighted by Gasteiger charge is 2.29. The largest absolute Gasteiger partial charge is 0.312 e. The van der Waals surface area contributed by atoms with Gasteiger partial charge in [-0.2, -0.15) is 9.57 Å². The summed E-state index contributed by atoms with van der Waals surface area (Å²) < 4.78 is 26.7. The molecule has 0 aromatic heterocycles. The Bertz CT molecular complexity index is 729. The number of nitrogens with zero attached hydrogens (tertiary/aromatic N) is 3. The number of benzene rings is 1. The number of piperidine rings is 1. The van der Waals surface area contributed by atoms with Crippen molar-refractivity contribution in [3.63, 3.8) is 0 Å². The molecule has 0 N–H and O–H groups in total. The molecule has 1 aromatic carbocycles. The van der Waals surface area contributed by atoms with E-state index in [0.717, 1.165) is 12.1 Å². The SMILES string of the molecule is N#CC1CCN(S(=O)(=O)c2ccc(N3CCCC3=O)cc2)CC1. The molecule has 2 aliphatic heterocycles. The third kappa shape index (κ3) is 3.09. The second-order valence-electron chi connectivity index (χ2n) is 5.95. The normalized spacial score (nSPS) is 20.7. The summed E-state index contributed by atoms with van der Waals surface area (Å²) in [6, 6.07) is 8.71. The molecule has 0 atom stereocenters. The molecule has 1 aromatic rings. The zero-order valence-corrected chi connectivity index (χ0v) is 13.6. The fourth-order valence-corrected chi connectivity index (χ4v) is 4.56. The summed E-state index contributed by atoms with van der Waals surface area (Å²) in [7, 11) is -3.53. The van der Waals surface area contributed by atoms with Crippen LogP contribution in [0.4, 0.5) is 5.69 Å². The molecule has 1 amide bonds. The molecular formula is C16H19N3O3S. The maximum absolute atomic E-state index is 12.6. The zero-order chi connectivity index (χ0) is 16.4. The van der Waals surface area contributed by atoms with Gasteiger partial charge in [0.25, 0.3) is 0 Å². The average molecular weight is 333 g/mol. The number of sulfonamides is 1. The predicted octanol–water partition coefficient (Wildman–Crippen LogP) is 1.74. The maximum Gasteiger partial charge on any atom is 0.243 e. The van der Waals surface area contributed by atoms with Crippen molar-refractivity contribution < 1.29 is 13.2 Å². The molecule has 0 spiro atoms. The first-order valence-electron chi connectivity index (χ1n) is 7.82. The maximum atomic E-state index is 12.6. The summed E-state index contributed by atoms with van der Waals surface area (Å²) >= 11 is 0. The van der Waals surface area contributed by atoms with E-state index in [1.54, 1.807) is 29.2 Å². The Balaban J connectivity index is 1.76. The van der Waals surface area contributed by atoms with Crippen molar-refractivity contribution in [3.8, 4) is 6.07 Å². The van der Waals surface area contributed by atoms with Crippen LogP contribution in [0.3, 0.4) is 0 Å². The Morgan fingerprint density at radius 1 is 1.09 bits per heavy atom. The lowest BCUT2D eigenvalue weighted by Gasteiger charge is -2.28. The molecule has 2 aliphatic rings. The molecule has 2 heterocycles. The average Bonchev–Trinajstić information content (AvgIpc) is 3.01. The van der Waals surface area contributed by atoms with Crippen molar-refractivity contribution in [1.82, 2.24) is 4.31 Å². The van der Waals surface area contributed by atoms with Crippen LogP contribution in [-0.2, 0) is 14.8 Å². The number of hydrogen-bond acceptors (Lipinski definition) is 4. The van der Waals surface area contributed by atoms with Gasteiger partial charge in [-0.25, -0.2) is 8.42 Å². The van der Waals surface area contributed by atoms with Crippen LogP contribution >= 0.6 is 0 Å². The molecular weight excluding hydrogens is 314 g/mol. The summed E-state index contributed by atoms with van der Waals surface area (Å²) in [6.07, 6.45) is 2.55. The summed E-state index contributed by atoms with van der Waals surface area (Å²) in [6.45, 7) is 1.45. The van der Waals surface area contributed by atoms with E-state index in [4.69, 9.17) is 5.26 Å². The highest BCUT2D eigenvalue weighted by molar-refractivity contribution is 7.89. The molecule has 0 aliphatic carbocycles. The van der Waals surface area contributed by atoms with Crippen molar-refractivity contribution in [1.29, 1.82) is 5.26 Å². The van der Waals surface area contributed by atoms with E-state index in [0.29, 0.717) is 38.9 Å². The number of carbonyl (C=O) groups is 1. The van der Waals surface area contributed by atoms with Gasteiger partial charge in [-0.05, 0) is 43.5 Å². The standard InChI is InChI=1S/C16H19N3O3S/c17-12-13-7-10-18(11-8-13)23(21,22)15-5-3-14(4-6-15)19-9-1-2-16(19)20/h3-6,13H,1-2,7-11H2. The van der Waals surface area contributed by atoms with Crippen molar-refractivity contribution in [2.45, 2.75) is 30.6 Å². The van der Waals surface area contributed by atoms with E-state index in [2.05, 4.69) is 6.07 Å². The molecule has 0 unspecified atom stereocenters. The molecule has 23 heavy (non-hydrogen) atoms. The van der Waals surface area contributed by atoms with Gasteiger partial charge < -0.3 is 4.90 Å². The van der Waals surface area contributed by atoms with Crippen LogP contribution < -0.4 is 4.90 Å².